The second-order valence-electron chi connectivity index (χ2n) is 4.47. The maximum Gasteiger partial charge on any atom is 0.184 e. The van der Waals surface area contributed by atoms with Gasteiger partial charge in [0.1, 0.15) is 5.01 Å². The Morgan fingerprint density at radius 3 is 3.00 bits per heavy atom. The monoisotopic (exact) mass is 289 g/mol. The highest BCUT2D eigenvalue weighted by molar-refractivity contribution is 7.22. The predicted molar refractivity (Wildman–Crippen MR) is 83.1 cm³/mol. The molecular weight excluding hydrogens is 274 g/mol. The molecule has 0 fully saturated rings. The van der Waals surface area contributed by atoms with E-state index in [0.717, 1.165) is 22.1 Å². The Labute approximate surface area is 120 Å². The lowest BCUT2D eigenvalue weighted by Gasteiger charge is -2.12. The number of anilines is 1. The summed E-state index contributed by atoms with van der Waals surface area (Å²) < 4.78 is 1.22. The highest BCUT2D eigenvalue weighted by atomic mass is 32.1. The Morgan fingerprint density at radius 1 is 1.37 bits per heavy atom. The molecule has 98 valence electrons. The first-order valence-corrected chi connectivity index (χ1v) is 7.99. The van der Waals surface area contributed by atoms with E-state index in [1.165, 1.54) is 10.3 Å². The van der Waals surface area contributed by atoms with Crippen molar-refractivity contribution in [3.63, 3.8) is 0 Å². The first kappa shape index (κ1) is 12.6. The number of aromatic nitrogens is 2. The summed E-state index contributed by atoms with van der Waals surface area (Å²) in [5.74, 6) is 0. The van der Waals surface area contributed by atoms with Gasteiger partial charge in [-0.1, -0.05) is 24.3 Å². The van der Waals surface area contributed by atoms with E-state index in [1.54, 1.807) is 22.7 Å². The van der Waals surface area contributed by atoms with E-state index in [1.807, 2.05) is 11.6 Å². The van der Waals surface area contributed by atoms with Crippen LogP contribution >= 0.6 is 22.7 Å². The van der Waals surface area contributed by atoms with Crippen molar-refractivity contribution >= 4 is 38.0 Å². The van der Waals surface area contributed by atoms with Gasteiger partial charge < -0.3 is 5.32 Å². The molecule has 0 saturated heterocycles. The average Bonchev–Trinajstić information content (AvgIpc) is 3.04. The van der Waals surface area contributed by atoms with Crippen molar-refractivity contribution in [3.05, 3.63) is 40.3 Å². The third kappa shape index (κ3) is 2.62. The molecule has 2 heterocycles. The fraction of sp³-hybridized carbons (Fsp3) is 0.286. The van der Waals surface area contributed by atoms with Crippen LogP contribution in [0.25, 0.3) is 10.2 Å². The van der Waals surface area contributed by atoms with Crippen LogP contribution in [0, 0.1) is 6.92 Å². The largest absolute Gasteiger partial charge is 0.352 e. The van der Waals surface area contributed by atoms with E-state index in [-0.39, 0.29) is 6.04 Å². The first-order chi connectivity index (χ1) is 9.26. The van der Waals surface area contributed by atoms with Crippen LogP contribution in [-0.4, -0.2) is 9.97 Å². The van der Waals surface area contributed by atoms with Crippen LogP contribution in [0.2, 0.25) is 0 Å². The van der Waals surface area contributed by atoms with E-state index in [4.69, 9.17) is 0 Å². The second kappa shape index (κ2) is 5.27. The Morgan fingerprint density at radius 2 is 2.26 bits per heavy atom. The first-order valence-electron chi connectivity index (χ1n) is 6.29. The number of rotatable bonds is 4. The van der Waals surface area contributed by atoms with Crippen molar-refractivity contribution in [1.29, 1.82) is 0 Å². The molecule has 0 amide bonds. The van der Waals surface area contributed by atoms with Crippen molar-refractivity contribution in [3.8, 4) is 0 Å². The summed E-state index contributed by atoms with van der Waals surface area (Å²) >= 11 is 3.39. The van der Waals surface area contributed by atoms with Gasteiger partial charge in [-0.3, -0.25) is 0 Å². The van der Waals surface area contributed by atoms with Gasteiger partial charge in [-0.05, 0) is 31.0 Å². The second-order valence-corrected chi connectivity index (χ2v) is 6.42. The van der Waals surface area contributed by atoms with Crippen LogP contribution in [0.1, 0.15) is 30.0 Å². The smallest absolute Gasteiger partial charge is 0.184 e. The molecule has 3 rings (SSSR count). The molecule has 1 atom stereocenters. The number of thiazole rings is 2. The molecular formula is C14H15N3S2. The Kier molecular flexibility index (Phi) is 3.48. The number of aryl methyl sites for hydroxylation is 1. The van der Waals surface area contributed by atoms with Gasteiger partial charge in [0.2, 0.25) is 0 Å². The molecule has 0 aliphatic carbocycles. The van der Waals surface area contributed by atoms with Crippen LogP contribution in [0.15, 0.2) is 29.8 Å². The number of nitrogens with zero attached hydrogens (tertiary/aromatic N) is 2. The number of nitrogens with one attached hydrogen (secondary N) is 1. The summed E-state index contributed by atoms with van der Waals surface area (Å²) in [6.45, 7) is 4.26. The summed E-state index contributed by atoms with van der Waals surface area (Å²) in [6, 6.07) is 6.64. The van der Waals surface area contributed by atoms with Crippen molar-refractivity contribution in [1.82, 2.24) is 9.97 Å². The van der Waals surface area contributed by atoms with E-state index < -0.39 is 0 Å². The third-order valence-electron chi connectivity index (χ3n) is 3.00. The van der Waals surface area contributed by atoms with Crippen molar-refractivity contribution < 1.29 is 0 Å². The van der Waals surface area contributed by atoms with Gasteiger partial charge in [0.25, 0.3) is 0 Å². The summed E-state index contributed by atoms with van der Waals surface area (Å²) in [5, 5.41) is 7.61. The topological polar surface area (TPSA) is 37.8 Å². The minimum atomic E-state index is 0.252. The lowest BCUT2D eigenvalue weighted by molar-refractivity contribution is 0.741. The van der Waals surface area contributed by atoms with Crippen LogP contribution < -0.4 is 5.32 Å². The van der Waals surface area contributed by atoms with Gasteiger partial charge in [0.05, 0.1) is 16.3 Å². The molecule has 2 aromatic heterocycles. The van der Waals surface area contributed by atoms with Gasteiger partial charge >= 0.3 is 0 Å². The molecule has 0 spiro atoms. The molecule has 1 N–H and O–H groups in total. The minimum Gasteiger partial charge on any atom is -0.352 e. The molecule has 0 saturated carbocycles. The van der Waals surface area contributed by atoms with Gasteiger partial charge in [0.15, 0.2) is 5.13 Å². The van der Waals surface area contributed by atoms with E-state index in [0.29, 0.717) is 0 Å². The zero-order valence-corrected chi connectivity index (χ0v) is 12.5. The van der Waals surface area contributed by atoms with Gasteiger partial charge in [0, 0.05) is 11.6 Å². The summed E-state index contributed by atoms with van der Waals surface area (Å²) in [6.07, 6.45) is 2.86. The normalized spacial score (nSPS) is 12.7. The van der Waals surface area contributed by atoms with E-state index >= 15 is 0 Å². The van der Waals surface area contributed by atoms with E-state index in [2.05, 4.69) is 47.3 Å². The van der Waals surface area contributed by atoms with E-state index in [9.17, 15) is 0 Å². The summed E-state index contributed by atoms with van der Waals surface area (Å²) in [5.41, 5.74) is 2.32. The molecule has 0 aliphatic rings. The lowest BCUT2D eigenvalue weighted by Crippen LogP contribution is -2.08. The van der Waals surface area contributed by atoms with Crippen molar-refractivity contribution in [2.45, 2.75) is 26.3 Å². The zero-order valence-electron chi connectivity index (χ0n) is 10.9. The fourth-order valence-corrected chi connectivity index (χ4v) is 3.66. The number of hydrogen-bond acceptors (Lipinski definition) is 5. The Bertz CT molecular complexity index is 673. The molecule has 0 radical (unpaired) electrons. The zero-order chi connectivity index (χ0) is 13.2. The van der Waals surface area contributed by atoms with Gasteiger partial charge in [-0.15, -0.1) is 11.3 Å². The average molecular weight is 289 g/mol. The Balaban J connectivity index is 1.88. The molecule has 19 heavy (non-hydrogen) atoms. The molecule has 1 aromatic carbocycles. The summed E-state index contributed by atoms with van der Waals surface area (Å²) in [7, 11) is 0. The molecule has 3 nitrogen and oxygen atoms in total. The molecule has 3 aromatic rings. The number of hydrogen-bond donors (Lipinski definition) is 1. The van der Waals surface area contributed by atoms with Crippen LogP contribution in [0.5, 0.6) is 0 Å². The van der Waals surface area contributed by atoms with Crippen LogP contribution in [-0.2, 0) is 0 Å². The summed E-state index contributed by atoms with van der Waals surface area (Å²) in [4.78, 5) is 9.04. The number of benzene rings is 1. The number of fused-ring (bicyclic) bond motifs is 1. The predicted octanol–water partition coefficient (Wildman–Crippen LogP) is 4.62. The molecule has 1 unspecified atom stereocenters. The fourth-order valence-electron chi connectivity index (χ4n) is 1.99. The third-order valence-corrected chi connectivity index (χ3v) is 4.86. The quantitative estimate of drug-likeness (QED) is 0.761. The van der Waals surface area contributed by atoms with Gasteiger partial charge in [-0.25, -0.2) is 9.97 Å². The molecule has 0 aliphatic heterocycles. The van der Waals surface area contributed by atoms with Gasteiger partial charge in [-0.2, -0.15) is 0 Å². The highest BCUT2D eigenvalue weighted by Gasteiger charge is 2.14. The van der Waals surface area contributed by atoms with Crippen molar-refractivity contribution in [2.24, 2.45) is 0 Å². The van der Waals surface area contributed by atoms with Crippen LogP contribution in [0.3, 0.4) is 0 Å². The standard InChI is InChI=1S/C14H15N3S2/c1-3-10(13-15-6-7-18-13)16-14-17-11-8-9(2)4-5-12(11)19-14/h4-8,10H,3H2,1-2H3,(H,16,17). The maximum absolute atomic E-state index is 4.66. The van der Waals surface area contributed by atoms with Crippen LogP contribution in [0.4, 0.5) is 5.13 Å². The Hall–Kier alpha value is -1.46. The maximum atomic E-state index is 4.66. The SMILES string of the molecule is CCC(Nc1nc2cc(C)ccc2s1)c1nccs1. The highest BCUT2D eigenvalue weighted by Crippen LogP contribution is 2.30. The molecule has 0 bridgehead atoms. The molecule has 5 heteroatoms. The lowest BCUT2D eigenvalue weighted by atomic mass is 10.2. The minimum absolute atomic E-state index is 0.252. The van der Waals surface area contributed by atoms with Crippen molar-refractivity contribution in [2.75, 3.05) is 5.32 Å².